The minimum absolute atomic E-state index is 0.110. The van der Waals surface area contributed by atoms with Crippen molar-refractivity contribution in [2.75, 3.05) is 6.61 Å². The highest BCUT2D eigenvalue weighted by Gasteiger charge is 2.45. The van der Waals surface area contributed by atoms with Gasteiger partial charge in [-0.25, -0.2) is 4.39 Å². The molecule has 8 atom stereocenters. The number of unbranched alkanes of at least 4 members (excludes halogenated alkanes) is 18. The molecule has 10 nitrogen and oxygen atoms in total. The number of carbonyl (C=O) groups excluding carboxylic acids is 1. The van der Waals surface area contributed by atoms with Crippen LogP contribution in [0, 0.1) is 5.82 Å². The van der Waals surface area contributed by atoms with Crippen molar-refractivity contribution in [1.29, 1.82) is 0 Å². The van der Waals surface area contributed by atoms with Gasteiger partial charge in [-0.2, -0.15) is 0 Å². The number of rotatable bonds is 32. The van der Waals surface area contributed by atoms with E-state index in [1.54, 1.807) is 12.1 Å². The second-order valence-electron chi connectivity index (χ2n) is 16.5. The Morgan fingerprint density at radius 3 is 1.71 bits per heavy atom. The number of benzene rings is 2. The first-order valence-electron chi connectivity index (χ1n) is 22.6. The van der Waals surface area contributed by atoms with Gasteiger partial charge in [-0.3, -0.25) is 4.79 Å². The van der Waals surface area contributed by atoms with Gasteiger partial charge in [-0.15, -0.1) is 0 Å². The Labute approximate surface area is 347 Å². The molecular formula is C47H76FNO9. The number of halogens is 1. The van der Waals surface area contributed by atoms with E-state index in [9.17, 15) is 39.8 Å². The normalized spacial score (nSPS) is 21.1. The van der Waals surface area contributed by atoms with Crippen LogP contribution < -0.4 is 10.1 Å². The molecule has 58 heavy (non-hydrogen) atoms. The lowest BCUT2D eigenvalue weighted by Crippen LogP contribution is -2.61. The summed E-state index contributed by atoms with van der Waals surface area (Å²) in [5, 5.41) is 66.0. The predicted molar refractivity (Wildman–Crippen MR) is 226 cm³/mol. The molecule has 1 heterocycles. The molecule has 2 aromatic rings. The van der Waals surface area contributed by atoms with Crippen LogP contribution in [-0.2, 0) is 16.0 Å². The molecule has 3 unspecified atom stereocenters. The Balaban J connectivity index is 1.32. The molecule has 0 aliphatic carbocycles. The van der Waals surface area contributed by atoms with Crippen molar-refractivity contribution in [1.82, 2.24) is 5.32 Å². The van der Waals surface area contributed by atoms with Crippen molar-refractivity contribution in [3.63, 3.8) is 0 Å². The Kier molecular flexibility index (Phi) is 25.3. The van der Waals surface area contributed by atoms with E-state index in [-0.39, 0.29) is 24.6 Å². The third kappa shape index (κ3) is 19.6. The van der Waals surface area contributed by atoms with Gasteiger partial charge in [-0.05, 0) is 74.1 Å². The monoisotopic (exact) mass is 818 g/mol. The van der Waals surface area contributed by atoms with E-state index in [0.717, 1.165) is 82.8 Å². The van der Waals surface area contributed by atoms with Crippen LogP contribution in [0.1, 0.15) is 160 Å². The zero-order valence-corrected chi connectivity index (χ0v) is 35.2. The van der Waals surface area contributed by atoms with Crippen LogP contribution in [0.2, 0.25) is 0 Å². The summed E-state index contributed by atoms with van der Waals surface area (Å²) in [5.74, 6) is 0.749. The van der Waals surface area contributed by atoms with Gasteiger partial charge in [0.2, 0.25) is 5.91 Å². The van der Waals surface area contributed by atoms with Crippen LogP contribution in [0.25, 0.3) is 0 Å². The van der Waals surface area contributed by atoms with Gasteiger partial charge in [-0.1, -0.05) is 135 Å². The van der Waals surface area contributed by atoms with Crippen molar-refractivity contribution in [2.24, 2.45) is 0 Å². The van der Waals surface area contributed by atoms with Crippen LogP contribution >= 0.6 is 0 Å². The fourth-order valence-corrected chi connectivity index (χ4v) is 7.86. The number of aliphatic hydroxyl groups excluding tert-OH is 6. The second-order valence-corrected chi connectivity index (χ2v) is 16.5. The molecule has 7 N–H and O–H groups in total. The second kappa shape index (κ2) is 29.6. The lowest BCUT2D eigenvalue weighted by Gasteiger charge is -2.42. The van der Waals surface area contributed by atoms with E-state index in [1.165, 1.54) is 69.1 Å². The lowest BCUT2D eigenvalue weighted by molar-refractivity contribution is -0.233. The molecule has 11 heteroatoms. The van der Waals surface area contributed by atoms with Gasteiger partial charge in [0.15, 0.2) is 0 Å². The van der Waals surface area contributed by atoms with Crippen molar-refractivity contribution >= 4 is 5.91 Å². The summed E-state index contributed by atoms with van der Waals surface area (Å²) < 4.78 is 24.6. The number of aryl methyl sites for hydroxylation is 1. The highest BCUT2D eigenvalue weighted by molar-refractivity contribution is 5.76. The van der Waals surface area contributed by atoms with E-state index in [2.05, 4.69) is 24.4 Å². The number of hydrogen-bond donors (Lipinski definition) is 7. The quantitative estimate of drug-likeness (QED) is 0.0360. The Bertz CT molecular complexity index is 1330. The predicted octanol–water partition coefficient (Wildman–Crippen LogP) is 8.20. The first-order valence-corrected chi connectivity index (χ1v) is 22.6. The Morgan fingerprint density at radius 2 is 1.16 bits per heavy atom. The van der Waals surface area contributed by atoms with Crippen LogP contribution in [0.3, 0.4) is 0 Å². The van der Waals surface area contributed by atoms with Gasteiger partial charge in [0, 0.05) is 6.42 Å². The van der Waals surface area contributed by atoms with Crippen molar-refractivity contribution in [2.45, 2.75) is 210 Å². The first-order chi connectivity index (χ1) is 28.1. The number of nitrogens with one attached hydrogen (secondary N) is 1. The van der Waals surface area contributed by atoms with Crippen LogP contribution in [0.4, 0.5) is 4.39 Å². The minimum atomic E-state index is -1.57. The molecule has 1 amide bonds. The summed E-state index contributed by atoms with van der Waals surface area (Å²) in [6.07, 6.45) is 14.7. The maximum Gasteiger partial charge on any atom is 0.220 e. The summed E-state index contributed by atoms with van der Waals surface area (Å²) in [5.41, 5.74) is 1.25. The highest BCUT2D eigenvalue weighted by atomic mass is 19.1. The van der Waals surface area contributed by atoms with Gasteiger partial charge in [0.05, 0.1) is 24.9 Å². The summed E-state index contributed by atoms with van der Waals surface area (Å²) in [6, 6.07) is 13.0. The molecule has 0 aromatic heterocycles. The third-order valence-electron chi connectivity index (χ3n) is 11.6. The Morgan fingerprint density at radius 1 is 0.672 bits per heavy atom. The molecule has 3 rings (SSSR count). The molecule has 1 saturated heterocycles. The van der Waals surface area contributed by atoms with Crippen molar-refractivity contribution < 1.29 is 49.3 Å². The standard InChI is InChI=1S/C47H76FNO9/c1-2-3-4-5-6-7-8-9-10-14-17-20-23-40(51)44(53)39(33-41-45(54)47(56)46(55)42(34-50)58-41)49-43(52)24-21-18-15-12-11-13-16-19-22-35-25-29-37(30-26-35)57-38-31-27-36(48)28-32-38/h25-32,39-42,44-47,50-51,53-56H,2-24,33-34H2,1H3,(H,49,52)/t39?,40?,41-,42-,44?,45+,46+,47-/m1/s1. The van der Waals surface area contributed by atoms with E-state index < -0.39 is 55.4 Å². The molecule has 0 spiro atoms. The smallest absolute Gasteiger partial charge is 0.220 e. The number of amides is 1. The molecule has 2 aromatic carbocycles. The van der Waals surface area contributed by atoms with E-state index in [0.29, 0.717) is 18.6 Å². The SMILES string of the molecule is CCCCCCCCCCCCCCC(O)C(O)C(C[C@H]1O[C@H](CO)[C@H](O)[C@H](O)[C@H]1O)NC(=O)CCCCCCCCCCc1ccc(Oc2ccc(F)cc2)cc1. The molecule has 0 radical (unpaired) electrons. The van der Waals surface area contributed by atoms with Crippen LogP contribution in [0.15, 0.2) is 48.5 Å². The number of hydrogen-bond acceptors (Lipinski definition) is 9. The topological polar surface area (TPSA) is 169 Å². The summed E-state index contributed by atoms with van der Waals surface area (Å²) in [4.78, 5) is 13.1. The molecule has 1 aliphatic rings. The average Bonchev–Trinajstić information content (AvgIpc) is 3.22. The average molecular weight is 818 g/mol. The third-order valence-corrected chi connectivity index (χ3v) is 11.6. The van der Waals surface area contributed by atoms with Gasteiger partial charge in [0.1, 0.15) is 47.8 Å². The van der Waals surface area contributed by atoms with E-state index in [1.807, 2.05) is 12.1 Å². The Hall–Kier alpha value is -2.64. The van der Waals surface area contributed by atoms with Gasteiger partial charge >= 0.3 is 0 Å². The van der Waals surface area contributed by atoms with Crippen LogP contribution in [0.5, 0.6) is 11.5 Å². The van der Waals surface area contributed by atoms with Crippen LogP contribution in [-0.4, -0.2) is 91.9 Å². The van der Waals surface area contributed by atoms with E-state index in [4.69, 9.17) is 9.47 Å². The van der Waals surface area contributed by atoms with Crippen molar-refractivity contribution in [3.8, 4) is 11.5 Å². The molecule has 0 bridgehead atoms. The fourth-order valence-electron chi connectivity index (χ4n) is 7.86. The summed E-state index contributed by atoms with van der Waals surface area (Å²) in [7, 11) is 0. The number of carbonyl (C=O) groups is 1. The number of ether oxygens (including phenoxy) is 2. The molecule has 1 aliphatic heterocycles. The molecular weight excluding hydrogens is 742 g/mol. The molecule has 0 saturated carbocycles. The minimum Gasteiger partial charge on any atom is -0.457 e. The maximum absolute atomic E-state index is 13.1. The van der Waals surface area contributed by atoms with Gasteiger partial charge < -0.3 is 45.4 Å². The maximum atomic E-state index is 13.1. The zero-order valence-electron chi connectivity index (χ0n) is 35.2. The fraction of sp³-hybridized carbons (Fsp3) is 0.723. The summed E-state index contributed by atoms with van der Waals surface area (Å²) >= 11 is 0. The summed E-state index contributed by atoms with van der Waals surface area (Å²) in [6.45, 7) is 1.66. The largest absolute Gasteiger partial charge is 0.457 e. The molecule has 1 fully saturated rings. The number of aliphatic hydroxyl groups is 6. The van der Waals surface area contributed by atoms with E-state index >= 15 is 0 Å². The molecule has 330 valence electrons. The van der Waals surface area contributed by atoms with Gasteiger partial charge in [0.25, 0.3) is 0 Å². The lowest BCUT2D eigenvalue weighted by atomic mass is 9.88. The zero-order chi connectivity index (χ0) is 42.0. The highest BCUT2D eigenvalue weighted by Crippen LogP contribution is 2.27. The first kappa shape index (κ1) is 49.7. The van der Waals surface area contributed by atoms with Crippen molar-refractivity contribution in [3.05, 3.63) is 59.9 Å².